The quantitative estimate of drug-likeness (QED) is 0.183. The fourth-order valence-corrected chi connectivity index (χ4v) is 4.28. The van der Waals surface area contributed by atoms with Crippen LogP contribution in [-0.4, -0.2) is 16.7 Å². The number of hydrogen-bond donors (Lipinski definition) is 1. The molecule has 0 saturated carbocycles. The molecule has 0 aliphatic carbocycles. The van der Waals surface area contributed by atoms with Crippen molar-refractivity contribution in [3.8, 4) is 5.75 Å². The van der Waals surface area contributed by atoms with Crippen LogP contribution in [0, 0.1) is 0 Å². The number of fused-ring (bicyclic) bond motifs is 2. The van der Waals surface area contributed by atoms with Gasteiger partial charge in [0.05, 0.1) is 17.2 Å². The van der Waals surface area contributed by atoms with E-state index in [1.54, 1.807) is 18.3 Å². The Labute approximate surface area is 212 Å². The van der Waals surface area contributed by atoms with Crippen molar-refractivity contribution in [2.24, 2.45) is 5.10 Å². The minimum Gasteiger partial charge on any atom is -0.488 e. The number of amides is 1. The van der Waals surface area contributed by atoms with Crippen LogP contribution in [0.25, 0.3) is 21.8 Å². The van der Waals surface area contributed by atoms with Gasteiger partial charge in [0.25, 0.3) is 5.91 Å². The summed E-state index contributed by atoms with van der Waals surface area (Å²) in [5.74, 6) is 0.299. The lowest BCUT2D eigenvalue weighted by Crippen LogP contribution is -2.25. The smallest absolute Gasteiger partial charge is 0.260 e. The maximum atomic E-state index is 12.9. The lowest BCUT2D eigenvalue weighted by atomic mass is 10.1. The molecule has 7 heteroatoms. The van der Waals surface area contributed by atoms with Crippen LogP contribution in [0.15, 0.2) is 107 Å². The van der Waals surface area contributed by atoms with Gasteiger partial charge in [-0.05, 0) is 42.5 Å². The summed E-state index contributed by atoms with van der Waals surface area (Å²) in [6.07, 6.45) is 1.54. The van der Waals surface area contributed by atoms with Gasteiger partial charge in [0.2, 0.25) is 0 Å². The van der Waals surface area contributed by atoms with Gasteiger partial charge in [0, 0.05) is 26.9 Å². The van der Waals surface area contributed by atoms with Crippen LogP contribution in [0.4, 0.5) is 0 Å². The Bertz CT molecular complexity index is 1600. The molecule has 0 fully saturated rings. The highest BCUT2D eigenvalue weighted by atomic mass is 35.5. The average molecular weight is 496 g/mol. The van der Waals surface area contributed by atoms with Gasteiger partial charge >= 0.3 is 0 Å². The Balaban J connectivity index is 1.34. The normalized spacial score (nSPS) is 11.2. The molecule has 1 N–H and O–H groups in total. The van der Waals surface area contributed by atoms with Crippen LogP contribution in [0.5, 0.6) is 5.75 Å². The summed E-state index contributed by atoms with van der Waals surface area (Å²) >= 11 is 6.22. The summed E-state index contributed by atoms with van der Waals surface area (Å²) in [5.41, 5.74) is 5.51. The monoisotopic (exact) mass is 495 g/mol. The van der Waals surface area contributed by atoms with Gasteiger partial charge in [-0.3, -0.25) is 9.59 Å². The van der Waals surface area contributed by atoms with Crippen molar-refractivity contribution in [1.29, 1.82) is 0 Å². The molecule has 178 valence electrons. The van der Waals surface area contributed by atoms with E-state index in [9.17, 15) is 9.59 Å². The molecule has 0 aliphatic heterocycles. The number of rotatable bonds is 7. The number of nitrogens with one attached hydrogen (secondary N) is 1. The third kappa shape index (κ3) is 4.85. The van der Waals surface area contributed by atoms with E-state index in [-0.39, 0.29) is 17.9 Å². The number of carbonyl (C=O) groups is 1. The molecular weight excluding hydrogens is 474 g/mol. The number of halogens is 1. The van der Waals surface area contributed by atoms with Gasteiger partial charge in [0.15, 0.2) is 5.43 Å². The molecule has 5 aromatic rings. The molecule has 36 heavy (non-hydrogen) atoms. The fourth-order valence-electron chi connectivity index (χ4n) is 4.09. The Morgan fingerprint density at radius 3 is 2.19 bits per heavy atom. The highest BCUT2D eigenvalue weighted by Crippen LogP contribution is 2.21. The third-order valence-electron chi connectivity index (χ3n) is 5.83. The first-order valence-electron chi connectivity index (χ1n) is 11.4. The minimum atomic E-state index is -0.320. The number of para-hydroxylation sites is 3. The van der Waals surface area contributed by atoms with Crippen molar-refractivity contribution in [2.75, 3.05) is 0 Å². The zero-order valence-electron chi connectivity index (χ0n) is 19.2. The molecule has 0 atom stereocenters. The summed E-state index contributed by atoms with van der Waals surface area (Å²) in [7, 11) is 0. The number of hydrazone groups is 1. The standard InChI is InChI=1S/C29H22ClN3O3/c30-24-13-5-1-10-21(24)19-36-27-16-8-2-9-20(27)17-31-32-28(34)18-33-25-14-6-3-11-22(25)29(35)23-12-4-7-15-26(23)33/h1-17H,18-19H2,(H,32,34)/b31-17-. The molecule has 0 aliphatic rings. The summed E-state index contributed by atoms with van der Waals surface area (Å²) in [6, 6.07) is 29.5. The maximum absolute atomic E-state index is 12.9. The molecule has 0 bridgehead atoms. The SMILES string of the molecule is O=C(Cn1c2ccccc2c(=O)c2ccccc21)N/N=C\c1ccccc1OCc1ccccc1Cl. The van der Waals surface area contributed by atoms with E-state index in [2.05, 4.69) is 10.5 Å². The number of pyridine rings is 1. The average Bonchev–Trinajstić information content (AvgIpc) is 2.91. The molecule has 6 nitrogen and oxygen atoms in total. The van der Waals surface area contributed by atoms with Gasteiger partial charge in [-0.2, -0.15) is 5.10 Å². The van der Waals surface area contributed by atoms with Gasteiger partial charge in [-0.15, -0.1) is 0 Å². The van der Waals surface area contributed by atoms with Crippen LogP contribution in [0.1, 0.15) is 11.1 Å². The van der Waals surface area contributed by atoms with Crippen molar-refractivity contribution in [3.05, 3.63) is 123 Å². The Morgan fingerprint density at radius 2 is 1.47 bits per heavy atom. The predicted octanol–water partition coefficient (Wildman–Crippen LogP) is 5.54. The maximum Gasteiger partial charge on any atom is 0.260 e. The van der Waals surface area contributed by atoms with Gasteiger partial charge in [-0.1, -0.05) is 66.2 Å². The number of aromatic nitrogens is 1. The summed E-state index contributed by atoms with van der Waals surface area (Å²) in [4.78, 5) is 25.7. The number of nitrogens with zero attached hydrogens (tertiary/aromatic N) is 2. The van der Waals surface area contributed by atoms with Crippen molar-refractivity contribution >= 4 is 45.5 Å². The Kier molecular flexibility index (Phi) is 6.78. The van der Waals surface area contributed by atoms with E-state index in [1.165, 1.54) is 0 Å². The largest absolute Gasteiger partial charge is 0.488 e. The van der Waals surface area contributed by atoms with Gasteiger partial charge in [-0.25, -0.2) is 5.43 Å². The van der Waals surface area contributed by atoms with Crippen LogP contribution in [0.2, 0.25) is 5.02 Å². The summed E-state index contributed by atoms with van der Waals surface area (Å²) in [5, 5.41) is 5.91. The highest BCUT2D eigenvalue weighted by Gasteiger charge is 2.12. The Hall–Kier alpha value is -4.42. The second kappa shape index (κ2) is 10.5. The molecular formula is C29H22ClN3O3. The number of ether oxygens (including phenoxy) is 1. The van der Waals surface area contributed by atoms with E-state index in [0.29, 0.717) is 44.7 Å². The molecule has 4 aromatic carbocycles. The van der Waals surface area contributed by atoms with Crippen molar-refractivity contribution < 1.29 is 9.53 Å². The Morgan fingerprint density at radius 1 is 0.861 bits per heavy atom. The van der Waals surface area contributed by atoms with E-state index in [0.717, 1.165) is 5.56 Å². The van der Waals surface area contributed by atoms with Crippen molar-refractivity contribution in [2.45, 2.75) is 13.2 Å². The number of carbonyl (C=O) groups excluding carboxylic acids is 1. The molecule has 1 amide bonds. The van der Waals surface area contributed by atoms with E-state index in [4.69, 9.17) is 16.3 Å². The number of benzene rings is 4. The third-order valence-corrected chi connectivity index (χ3v) is 6.20. The second-order valence-corrected chi connectivity index (χ2v) is 8.57. The zero-order chi connectivity index (χ0) is 24.9. The predicted molar refractivity (Wildman–Crippen MR) is 144 cm³/mol. The van der Waals surface area contributed by atoms with Crippen LogP contribution in [-0.2, 0) is 17.9 Å². The molecule has 1 aromatic heterocycles. The van der Waals surface area contributed by atoms with Crippen LogP contribution >= 0.6 is 11.6 Å². The number of hydrogen-bond acceptors (Lipinski definition) is 4. The van der Waals surface area contributed by atoms with E-state index in [1.807, 2.05) is 89.5 Å². The van der Waals surface area contributed by atoms with Gasteiger partial charge in [0.1, 0.15) is 18.9 Å². The van der Waals surface area contributed by atoms with E-state index >= 15 is 0 Å². The summed E-state index contributed by atoms with van der Waals surface area (Å²) in [6.45, 7) is 0.312. The first-order valence-corrected chi connectivity index (χ1v) is 11.8. The van der Waals surface area contributed by atoms with Crippen LogP contribution < -0.4 is 15.6 Å². The zero-order valence-corrected chi connectivity index (χ0v) is 20.0. The minimum absolute atomic E-state index is 0.00327. The molecule has 1 heterocycles. The lowest BCUT2D eigenvalue weighted by Gasteiger charge is -2.14. The van der Waals surface area contributed by atoms with Crippen molar-refractivity contribution in [3.63, 3.8) is 0 Å². The molecule has 0 unspecified atom stereocenters. The topological polar surface area (TPSA) is 72.7 Å². The lowest BCUT2D eigenvalue weighted by molar-refractivity contribution is -0.121. The van der Waals surface area contributed by atoms with Gasteiger partial charge < -0.3 is 9.30 Å². The van der Waals surface area contributed by atoms with Crippen molar-refractivity contribution in [1.82, 2.24) is 9.99 Å². The molecule has 0 saturated heterocycles. The van der Waals surface area contributed by atoms with Crippen LogP contribution in [0.3, 0.4) is 0 Å². The first-order chi connectivity index (χ1) is 17.6. The highest BCUT2D eigenvalue weighted by molar-refractivity contribution is 6.31. The molecule has 0 radical (unpaired) electrons. The second-order valence-electron chi connectivity index (χ2n) is 8.16. The fraction of sp³-hybridized carbons (Fsp3) is 0.0690. The molecule has 0 spiro atoms. The first kappa shape index (κ1) is 23.3. The van der Waals surface area contributed by atoms with E-state index < -0.39 is 0 Å². The summed E-state index contributed by atoms with van der Waals surface area (Å²) < 4.78 is 7.77. The molecule has 5 rings (SSSR count).